The Balaban J connectivity index is 1.52. The van der Waals surface area contributed by atoms with Crippen molar-refractivity contribution >= 4 is 11.6 Å². The molecule has 0 N–H and O–H groups in total. The summed E-state index contributed by atoms with van der Waals surface area (Å²) in [6, 6.07) is 17.2. The number of rotatable bonds is 3. The molecule has 5 heteroatoms. The van der Waals surface area contributed by atoms with Gasteiger partial charge in [0.2, 0.25) is 0 Å². The summed E-state index contributed by atoms with van der Waals surface area (Å²) >= 11 is 0. The van der Waals surface area contributed by atoms with Crippen LogP contribution in [0, 0.1) is 5.92 Å². The predicted octanol–water partition coefficient (Wildman–Crippen LogP) is 2.57. The van der Waals surface area contributed by atoms with E-state index in [9.17, 15) is 4.79 Å². The highest BCUT2D eigenvalue weighted by molar-refractivity contribution is 6.04. The summed E-state index contributed by atoms with van der Waals surface area (Å²) in [5.74, 6) is 0.810. The molecule has 2 aromatic carbocycles. The van der Waals surface area contributed by atoms with Crippen LogP contribution in [-0.4, -0.2) is 42.8 Å². The lowest BCUT2D eigenvalue weighted by atomic mass is 9.95. The Hall–Kier alpha value is -2.82. The van der Waals surface area contributed by atoms with Crippen molar-refractivity contribution in [2.45, 2.75) is 6.10 Å². The van der Waals surface area contributed by atoms with Crippen LogP contribution in [0.15, 0.2) is 59.8 Å². The van der Waals surface area contributed by atoms with Crippen molar-refractivity contribution in [3.63, 3.8) is 0 Å². The topological polar surface area (TPSA) is 51.1 Å². The fourth-order valence-corrected chi connectivity index (χ4v) is 3.32. The number of benzene rings is 2. The van der Waals surface area contributed by atoms with E-state index in [1.807, 2.05) is 53.4 Å². The third-order valence-electron chi connectivity index (χ3n) is 4.58. The number of amides is 1. The van der Waals surface area contributed by atoms with Crippen LogP contribution in [0.25, 0.3) is 0 Å². The van der Waals surface area contributed by atoms with Crippen LogP contribution in [0.1, 0.15) is 15.9 Å². The van der Waals surface area contributed by atoms with E-state index in [0.717, 1.165) is 11.3 Å². The molecule has 2 aliphatic rings. The van der Waals surface area contributed by atoms with E-state index in [-0.39, 0.29) is 17.9 Å². The molecule has 0 aromatic heterocycles. The molecule has 0 aliphatic carbocycles. The second kappa shape index (κ2) is 6.00. The van der Waals surface area contributed by atoms with E-state index in [1.165, 1.54) is 0 Å². The van der Waals surface area contributed by atoms with Gasteiger partial charge in [0, 0.05) is 12.1 Å². The van der Waals surface area contributed by atoms with E-state index < -0.39 is 0 Å². The summed E-state index contributed by atoms with van der Waals surface area (Å²) in [5.41, 5.74) is 2.62. The van der Waals surface area contributed by atoms with Crippen LogP contribution >= 0.6 is 0 Å². The second-order valence-electron chi connectivity index (χ2n) is 6.03. The third kappa shape index (κ3) is 2.52. The Morgan fingerprint density at radius 2 is 2.00 bits per heavy atom. The summed E-state index contributed by atoms with van der Waals surface area (Å²) in [6.45, 7) is 1.18. The molecule has 2 atom stereocenters. The Labute approximate surface area is 140 Å². The molecule has 122 valence electrons. The first-order valence-electron chi connectivity index (χ1n) is 7.98. The van der Waals surface area contributed by atoms with Crippen molar-refractivity contribution in [2.24, 2.45) is 11.1 Å². The Morgan fingerprint density at radius 3 is 2.79 bits per heavy atom. The second-order valence-corrected chi connectivity index (χ2v) is 6.03. The van der Waals surface area contributed by atoms with Crippen molar-refractivity contribution in [1.29, 1.82) is 0 Å². The van der Waals surface area contributed by atoms with Crippen LogP contribution < -0.4 is 4.74 Å². The van der Waals surface area contributed by atoms with Gasteiger partial charge in [0.1, 0.15) is 5.75 Å². The molecule has 2 heterocycles. The molecule has 0 radical (unpaired) electrons. The van der Waals surface area contributed by atoms with Crippen LogP contribution in [0.2, 0.25) is 0 Å². The largest absolute Gasteiger partial charge is 0.497 e. The maximum Gasteiger partial charge on any atom is 0.254 e. The zero-order chi connectivity index (χ0) is 16.5. The number of oxime groups is 1. The lowest BCUT2D eigenvalue weighted by molar-refractivity contribution is 0.0631. The summed E-state index contributed by atoms with van der Waals surface area (Å²) in [7, 11) is 1.60. The lowest BCUT2D eigenvalue weighted by Gasteiger charge is -2.17. The highest BCUT2D eigenvalue weighted by Gasteiger charge is 2.44. The molecule has 2 aliphatic heterocycles. The molecule has 0 saturated carbocycles. The van der Waals surface area contributed by atoms with Gasteiger partial charge in [-0.25, -0.2) is 0 Å². The van der Waals surface area contributed by atoms with Crippen molar-refractivity contribution in [2.75, 3.05) is 20.2 Å². The summed E-state index contributed by atoms with van der Waals surface area (Å²) in [5, 5.41) is 4.24. The number of carbonyl (C=O) groups is 1. The molecule has 1 fully saturated rings. The zero-order valence-electron chi connectivity index (χ0n) is 13.4. The molecule has 2 aromatic rings. The van der Waals surface area contributed by atoms with Gasteiger partial charge in [0.25, 0.3) is 5.91 Å². The first-order valence-corrected chi connectivity index (χ1v) is 7.98. The van der Waals surface area contributed by atoms with E-state index in [0.29, 0.717) is 24.4 Å². The van der Waals surface area contributed by atoms with Gasteiger partial charge in [-0.15, -0.1) is 0 Å². The van der Waals surface area contributed by atoms with E-state index >= 15 is 0 Å². The van der Waals surface area contributed by atoms with E-state index in [2.05, 4.69) is 5.16 Å². The summed E-state index contributed by atoms with van der Waals surface area (Å²) in [4.78, 5) is 20.2. The summed E-state index contributed by atoms with van der Waals surface area (Å²) < 4.78 is 5.20. The van der Waals surface area contributed by atoms with Crippen molar-refractivity contribution in [3.8, 4) is 5.75 Å². The van der Waals surface area contributed by atoms with Gasteiger partial charge in [-0.2, -0.15) is 0 Å². The molecule has 0 spiro atoms. The minimum Gasteiger partial charge on any atom is -0.497 e. The maximum atomic E-state index is 12.8. The number of hydrogen-bond donors (Lipinski definition) is 0. The van der Waals surface area contributed by atoms with Gasteiger partial charge in [0.05, 0.1) is 25.3 Å². The minimum absolute atomic E-state index is 0.000637. The number of methoxy groups -OCH3 is 1. The number of carbonyl (C=O) groups excluding carboxylic acids is 1. The monoisotopic (exact) mass is 322 g/mol. The standard InChI is InChI=1S/C19H18N2O3/c1-23-15-9-5-8-14(10-15)19(22)21-11-16-17(12-21)24-20-18(16)13-6-3-2-4-7-13/h2-10,16-17H,11-12H2,1H3. The number of nitrogens with zero attached hydrogens (tertiary/aromatic N) is 2. The minimum atomic E-state index is -0.0604. The van der Waals surface area contributed by atoms with Gasteiger partial charge < -0.3 is 14.5 Å². The molecule has 1 amide bonds. The SMILES string of the molecule is COc1cccc(C(=O)N2CC3ON=C(c4ccccc4)C3C2)c1. The fraction of sp³-hybridized carbons (Fsp3) is 0.263. The molecular formula is C19H18N2O3. The molecule has 0 bridgehead atoms. The van der Waals surface area contributed by atoms with Gasteiger partial charge in [-0.3, -0.25) is 4.79 Å². The van der Waals surface area contributed by atoms with Crippen molar-refractivity contribution in [1.82, 2.24) is 4.90 Å². The first kappa shape index (κ1) is 14.8. The molecule has 1 saturated heterocycles. The van der Waals surface area contributed by atoms with E-state index in [1.54, 1.807) is 13.2 Å². The highest BCUT2D eigenvalue weighted by Crippen LogP contribution is 2.31. The average molecular weight is 322 g/mol. The van der Waals surface area contributed by atoms with Gasteiger partial charge in [-0.1, -0.05) is 41.6 Å². The zero-order valence-corrected chi connectivity index (χ0v) is 13.4. The van der Waals surface area contributed by atoms with Gasteiger partial charge >= 0.3 is 0 Å². The van der Waals surface area contributed by atoms with Crippen molar-refractivity contribution in [3.05, 3.63) is 65.7 Å². The third-order valence-corrected chi connectivity index (χ3v) is 4.58. The number of fused-ring (bicyclic) bond motifs is 1. The van der Waals surface area contributed by atoms with Crippen molar-refractivity contribution < 1.29 is 14.4 Å². The smallest absolute Gasteiger partial charge is 0.254 e. The Morgan fingerprint density at radius 1 is 1.17 bits per heavy atom. The van der Waals surface area contributed by atoms with Crippen LogP contribution in [0.5, 0.6) is 5.75 Å². The number of likely N-dealkylation sites (tertiary alicyclic amines) is 1. The molecule has 2 unspecified atom stereocenters. The van der Waals surface area contributed by atoms with Crippen LogP contribution in [0.4, 0.5) is 0 Å². The molecule has 4 rings (SSSR count). The molecular weight excluding hydrogens is 304 g/mol. The summed E-state index contributed by atoms with van der Waals surface area (Å²) in [6.07, 6.45) is -0.0604. The number of hydrogen-bond acceptors (Lipinski definition) is 4. The normalized spacial score (nSPS) is 21.9. The van der Waals surface area contributed by atoms with E-state index in [4.69, 9.17) is 9.57 Å². The quantitative estimate of drug-likeness (QED) is 0.873. The molecule has 5 nitrogen and oxygen atoms in total. The lowest BCUT2D eigenvalue weighted by Crippen LogP contribution is -2.30. The van der Waals surface area contributed by atoms with Gasteiger partial charge in [-0.05, 0) is 23.8 Å². The first-order chi connectivity index (χ1) is 11.8. The number of ether oxygens (including phenoxy) is 1. The average Bonchev–Trinajstić information content (AvgIpc) is 3.22. The Kier molecular flexibility index (Phi) is 3.69. The maximum absolute atomic E-state index is 12.8. The fourth-order valence-electron chi connectivity index (χ4n) is 3.32. The van der Waals surface area contributed by atoms with Crippen LogP contribution in [-0.2, 0) is 4.84 Å². The molecule has 24 heavy (non-hydrogen) atoms. The Bertz CT molecular complexity index is 788. The highest BCUT2D eigenvalue weighted by atomic mass is 16.6. The predicted molar refractivity (Wildman–Crippen MR) is 90.2 cm³/mol. The van der Waals surface area contributed by atoms with Gasteiger partial charge in [0.15, 0.2) is 6.10 Å². The van der Waals surface area contributed by atoms with Crippen LogP contribution in [0.3, 0.4) is 0 Å².